The lowest BCUT2D eigenvalue weighted by molar-refractivity contribution is -0.180. The molecule has 0 radical (unpaired) electrons. The summed E-state index contributed by atoms with van der Waals surface area (Å²) in [6, 6.07) is 0. The maximum atomic E-state index is 13.4. The maximum absolute atomic E-state index is 13.4. The van der Waals surface area contributed by atoms with Crippen LogP contribution in [-0.4, -0.2) is 50.0 Å². The molecule has 5 rings (SSSR count). The smallest absolute Gasteiger partial charge is 0.332 e. The van der Waals surface area contributed by atoms with Crippen molar-refractivity contribution < 1.29 is 47.7 Å². The second-order valence-electron chi connectivity index (χ2n) is 9.41. The van der Waals surface area contributed by atoms with Crippen LogP contribution in [0.5, 0.6) is 0 Å². The zero-order valence-electron chi connectivity index (χ0n) is 19.0. The molecule has 0 aromatic carbocycles. The lowest BCUT2D eigenvalue weighted by atomic mass is 9.45. The SMILES string of the molecule is COC(=O)C12C(=O)OC(=O)C1CC(C)=C1C=CC3=C(C)CC4C(=O)OC(=O)C4(C(=O)OC)C3C12. The Hall–Kier alpha value is -3.56. The minimum Gasteiger partial charge on any atom is -0.468 e. The van der Waals surface area contributed by atoms with Gasteiger partial charge in [0.2, 0.25) is 0 Å². The van der Waals surface area contributed by atoms with Crippen LogP contribution in [0.3, 0.4) is 0 Å². The van der Waals surface area contributed by atoms with Gasteiger partial charge in [-0.25, -0.2) is 0 Å². The van der Waals surface area contributed by atoms with Gasteiger partial charge in [-0.15, -0.1) is 0 Å². The third kappa shape index (κ3) is 2.26. The molecular weight excluding hydrogens is 448 g/mol. The Balaban J connectivity index is 1.91. The van der Waals surface area contributed by atoms with E-state index in [4.69, 9.17) is 18.9 Å². The van der Waals surface area contributed by atoms with E-state index in [1.807, 2.05) is 0 Å². The molecule has 2 heterocycles. The molecule has 2 saturated heterocycles. The van der Waals surface area contributed by atoms with Gasteiger partial charge >= 0.3 is 35.8 Å². The molecule has 10 heteroatoms. The Morgan fingerprint density at radius 2 is 1.12 bits per heavy atom. The summed E-state index contributed by atoms with van der Waals surface area (Å²) < 4.78 is 20.0. The van der Waals surface area contributed by atoms with Crippen LogP contribution < -0.4 is 0 Å². The summed E-state index contributed by atoms with van der Waals surface area (Å²) in [7, 11) is 2.17. The van der Waals surface area contributed by atoms with E-state index in [2.05, 4.69) is 0 Å². The van der Waals surface area contributed by atoms with E-state index in [1.165, 1.54) is 0 Å². The van der Waals surface area contributed by atoms with Gasteiger partial charge in [0.25, 0.3) is 0 Å². The van der Waals surface area contributed by atoms with Crippen molar-refractivity contribution in [3.8, 4) is 0 Å². The first-order valence-corrected chi connectivity index (χ1v) is 10.8. The van der Waals surface area contributed by atoms with Gasteiger partial charge in [-0.05, 0) is 37.8 Å². The van der Waals surface area contributed by atoms with Crippen molar-refractivity contribution in [2.45, 2.75) is 26.7 Å². The van der Waals surface area contributed by atoms with Gasteiger partial charge < -0.3 is 18.9 Å². The molecule has 0 spiro atoms. The largest absolute Gasteiger partial charge is 0.468 e. The Morgan fingerprint density at radius 1 is 0.765 bits per heavy atom. The molecule has 5 aliphatic rings. The predicted octanol–water partition coefficient (Wildman–Crippen LogP) is 0.947. The Morgan fingerprint density at radius 3 is 1.44 bits per heavy atom. The highest BCUT2D eigenvalue weighted by Gasteiger charge is 2.78. The van der Waals surface area contributed by atoms with Gasteiger partial charge in [-0.1, -0.05) is 23.3 Å². The number of hydrogen-bond acceptors (Lipinski definition) is 10. The quantitative estimate of drug-likeness (QED) is 0.325. The fourth-order valence-electron chi connectivity index (χ4n) is 6.79. The van der Waals surface area contributed by atoms with Crippen molar-refractivity contribution in [1.82, 2.24) is 0 Å². The third-order valence-corrected chi connectivity index (χ3v) is 8.21. The van der Waals surface area contributed by atoms with Crippen molar-refractivity contribution in [1.29, 1.82) is 0 Å². The van der Waals surface area contributed by atoms with Crippen molar-refractivity contribution in [2.75, 3.05) is 14.2 Å². The number of cyclic esters (lactones) is 4. The van der Waals surface area contributed by atoms with Crippen molar-refractivity contribution in [3.05, 3.63) is 34.4 Å². The first kappa shape index (κ1) is 22.2. The number of methoxy groups -OCH3 is 2. The molecule has 6 atom stereocenters. The Kier molecular flexibility index (Phi) is 4.56. The first-order valence-electron chi connectivity index (χ1n) is 10.8. The van der Waals surface area contributed by atoms with E-state index >= 15 is 0 Å². The molecule has 6 unspecified atom stereocenters. The Bertz CT molecular complexity index is 1110. The molecule has 0 saturated carbocycles. The van der Waals surface area contributed by atoms with Gasteiger partial charge in [0.15, 0.2) is 10.8 Å². The topological polar surface area (TPSA) is 139 Å². The molecule has 0 aromatic rings. The number of carbonyl (C=O) groups excluding carboxylic acids is 6. The minimum atomic E-state index is -2.14. The lowest BCUT2D eigenvalue weighted by Crippen LogP contribution is -2.62. The van der Waals surface area contributed by atoms with E-state index in [9.17, 15) is 28.8 Å². The molecule has 2 fully saturated rings. The van der Waals surface area contributed by atoms with Gasteiger partial charge in [-0.2, -0.15) is 0 Å². The van der Waals surface area contributed by atoms with Crippen LogP contribution in [0.25, 0.3) is 0 Å². The van der Waals surface area contributed by atoms with Gasteiger partial charge in [0.1, 0.15) is 0 Å². The van der Waals surface area contributed by atoms with Crippen LogP contribution in [-0.2, 0) is 47.7 Å². The van der Waals surface area contributed by atoms with Crippen LogP contribution in [0.2, 0.25) is 0 Å². The van der Waals surface area contributed by atoms with Crippen LogP contribution >= 0.6 is 0 Å². The number of fused-ring (bicyclic) bond motifs is 7. The molecule has 2 aliphatic heterocycles. The zero-order chi connectivity index (χ0) is 24.7. The fraction of sp³-hybridized carbons (Fsp3) is 0.500. The maximum Gasteiger partial charge on any atom is 0.332 e. The minimum absolute atomic E-state index is 0.0542. The van der Waals surface area contributed by atoms with E-state index in [-0.39, 0.29) is 12.8 Å². The number of allylic oxidation sites excluding steroid dienone is 6. The summed E-state index contributed by atoms with van der Waals surface area (Å²) in [4.78, 5) is 79.0. The van der Waals surface area contributed by atoms with Crippen molar-refractivity contribution in [3.63, 3.8) is 0 Å². The van der Waals surface area contributed by atoms with Crippen LogP contribution in [0.1, 0.15) is 26.7 Å². The normalized spacial score (nSPS) is 38.0. The van der Waals surface area contributed by atoms with Crippen LogP contribution in [0.4, 0.5) is 0 Å². The summed E-state index contributed by atoms with van der Waals surface area (Å²) in [5.41, 5.74) is -1.90. The molecule has 3 aliphatic carbocycles. The average Bonchev–Trinajstić information content (AvgIpc) is 3.22. The molecule has 10 nitrogen and oxygen atoms in total. The highest BCUT2D eigenvalue weighted by molar-refractivity contribution is 6.15. The molecular formula is C24H22O10. The van der Waals surface area contributed by atoms with Crippen LogP contribution in [0.15, 0.2) is 34.4 Å². The summed E-state index contributed by atoms with van der Waals surface area (Å²) in [6.07, 6.45) is 3.55. The third-order valence-electron chi connectivity index (χ3n) is 8.21. The molecule has 178 valence electrons. The van der Waals surface area contributed by atoms with Crippen LogP contribution in [0, 0.1) is 34.5 Å². The lowest BCUT2D eigenvalue weighted by Gasteiger charge is -2.52. The van der Waals surface area contributed by atoms with E-state index in [0.717, 1.165) is 14.2 Å². The first-order chi connectivity index (χ1) is 16.1. The molecule has 0 amide bonds. The van der Waals surface area contributed by atoms with E-state index < -0.39 is 70.3 Å². The fourth-order valence-corrected chi connectivity index (χ4v) is 6.79. The van der Waals surface area contributed by atoms with Gasteiger partial charge in [0, 0.05) is 11.8 Å². The number of rotatable bonds is 2. The van der Waals surface area contributed by atoms with Crippen molar-refractivity contribution in [2.24, 2.45) is 34.5 Å². The average molecular weight is 470 g/mol. The highest BCUT2D eigenvalue weighted by Crippen LogP contribution is 2.66. The molecule has 0 N–H and O–H groups in total. The van der Waals surface area contributed by atoms with E-state index in [1.54, 1.807) is 26.0 Å². The molecule has 0 bridgehead atoms. The predicted molar refractivity (Wildman–Crippen MR) is 109 cm³/mol. The number of esters is 6. The Labute approximate surface area is 193 Å². The number of ether oxygens (including phenoxy) is 4. The zero-order valence-corrected chi connectivity index (χ0v) is 19.0. The van der Waals surface area contributed by atoms with Crippen molar-refractivity contribution >= 4 is 35.8 Å². The number of carbonyl (C=O) groups is 6. The second-order valence-corrected chi connectivity index (χ2v) is 9.41. The summed E-state index contributed by atoms with van der Waals surface area (Å²) in [6.45, 7) is 3.49. The van der Waals surface area contributed by atoms with E-state index in [0.29, 0.717) is 22.3 Å². The van der Waals surface area contributed by atoms with Gasteiger partial charge in [0.05, 0.1) is 26.1 Å². The summed E-state index contributed by atoms with van der Waals surface area (Å²) >= 11 is 0. The summed E-state index contributed by atoms with van der Waals surface area (Å²) in [5, 5.41) is 0. The monoisotopic (exact) mass is 470 g/mol. The number of hydrogen-bond donors (Lipinski definition) is 0. The highest BCUT2D eigenvalue weighted by atomic mass is 16.6. The summed E-state index contributed by atoms with van der Waals surface area (Å²) in [5.74, 6) is -10.8. The standard InChI is InChI=1S/C24H22O10/c1-9-7-13-17(25)33-21(29)23(13,19(27)31-3)15-11(9)5-6-12-10(2)8-14-18(26)34-22(30)24(14,16(12)15)20(28)32-4/h5-6,13-16H,7-8H2,1-4H3. The second kappa shape index (κ2) is 6.97. The van der Waals surface area contributed by atoms with Gasteiger partial charge in [-0.3, -0.25) is 28.8 Å². The molecule has 0 aromatic heterocycles. The molecule has 34 heavy (non-hydrogen) atoms.